The van der Waals surface area contributed by atoms with Crippen LogP contribution in [0.25, 0.3) is 11.0 Å². The number of aromatic nitrogens is 2. The Morgan fingerprint density at radius 2 is 1.95 bits per heavy atom. The fourth-order valence-electron chi connectivity index (χ4n) is 2.28. The van der Waals surface area contributed by atoms with Gasteiger partial charge in [-0.05, 0) is 35.8 Å². The number of imidazole rings is 1. The van der Waals surface area contributed by atoms with Crippen molar-refractivity contribution in [2.45, 2.75) is 37.9 Å². The molecule has 0 bridgehead atoms. The minimum absolute atomic E-state index is 0.205. The van der Waals surface area contributed by atoms with Crippen molar-refractivity contribution in [1.82, 2.24) is 9.55 Å². The van der Waals surface area contributed by atoms with Gasteiger partial charge in [0.25, 0.3) is 0 Å². The summed E-state index contributed by atoms with van der Waals surface area (Å²) >= 11 is 9.04. The van der Waals surface area contributed by atoms with Crippen LogP contribution in [-0.4, -0.2) is 15.7 Å². The predicted molar refractivity (Wildman–Crippen MR) is 77.0 cm³/mol. The molecule has 0 saturated carbocycles. The Balaban J connectivity index is 2.63. The molecule has 0 fully saturated rings. The predicted octanol–water partition coefficient (Wildman–Crippen LogP) is 5.75. The Hall–Kier alpha value is -0.820. The zero-order valence-corrected chi connectivity index (χ0v) is 13.5. The molecule has 116 valence electrons. The van der Waals surface area contributed by atoms with Crippen LogP contribution in [0.1, 0.15) is 37.5 Å². The lowest BCUT2D eigenvalue weighted by molar-refractivity contribution is -0.141. The van der Waals surface area contributed by atoms with Gasteiger partial charge in [-0.25, -0.2) is 9.37 Å². The molecule has 1 heterocycles. The summed E-state index contributed by atoms with van der Waals surface area (Å²) in [6, 6.07) is 1.68. The smallest absolute Gasteiger partial charge is 0.323 e. The molecule has 8 heteroatoms. The first-order valence-electron chi connectivity index (χ1n) is 6.18. The second-order valence-electron chi connectivity index (χ2n) is 4.88. The maximum atomic E-state index is 13.7. The molecule has 1 aromatic carbocycles. The van der Waals surface area contributed by atoms with Crippen LogP contribution in [0, 0.1) is 5.82 Å². The van der Waals surface area contributed by atoms with Gasteiger partial charge in [-0.1, -0.05) is 0 Å². The fourth-order valence-corrected chi connectivity index (χ4v) is 2.76. The van der Waals surface area contributed by atoms with E-state index in [0.29, 0.717) is 16.9 Å². The molecule has 0 aliphatic carbocycles. The van der Waals surface area contributed by atoms with Crippen LogP contribution >= 0.6 is 27.5 Å². The van der Waals surface area contributed by atoms with Gasteiger partial charge in [-0.2, -0.15) is 13.2 Å². The Kier molecular flexibility index (Phi) is 4.54. The largest absolute Gasteiger partial charge is 0.391 e. The maximum absolute atomic E-state index is 13.7. The summed E-state index contributed by atoms with van der Waals surface area (Å²) in [7, 11) is 0. The van der Waals surface area contributed by atoms with Gasteiger partial charge in [0, 0.05) is 12.1 Å². The molecule has 0 saturated heterocycles. The molecule has 0 aliphatic heterocycles. The van der Waals surface area contributed by atoms with Crippen LogP contribution < -0.4 is 0 Å². The van der Waals surface area contributed by atoms with E-state index in [2.05, 4.69) is 20.9 Å². The van der Waals surface area contributed by atoms with E-state index >= 15 is 0 Å². The summed E-state index contributed by atoms with van der Waals surface area (Å²) in [5.74, 6) is -0.266. The van der Waals surface area contributed by atoms with Crippen LogP contribution in [0.15, 0.2) is 16.6 Å². The molecule has 2 atom stereocenters. The first-order chi connectivity index (χ1) is 9.60. The molecule has 2 nitrogen and oxygen atoms in total. The van der Waals surface area contributed by atoms with Crippen LogP contribution in [0.5, 0.6) is 0 Å². The number of hydrogen-bond donors (Lipinski definition) is 0. The third-order valence-electron chi connectivity index (χ3n) is 3.08. The van der Waals surface area contributed by atoms with Crippen molar-refractivity contribution >= 4 is 38.6 Å². The van der Waals surface area contributed by atoms with Crippen molar-refractivity contribution in [2.75, 3.05) is 0 Å². The first kappa shape index (κ1) is 16.5. The summed E-state index contributed by atoms with van der Waals surface area (Å²) in [6.45, 7) is 3.03. The number of rotatable bonds is 3. The van der Waals surface area contributed by atoms with Crippen molar-refractivity contribution in [3.8, 4) is 0 Å². The fraction of sp³-hybridized carbons (Fsp3) is 0.462. The van der Waals surface area contributed by atoms with Crippen molar-refractivity contribution < 1.29 is 17.6 Å². The summed E-state index contributed by atoms with van der Waals surface area (Å²) < 4.78 is 53.1. The third kappa shape index (κ3) is 3.51. The van der Waals surface area contributed by atoms with E-state index in [9.17, 15) is 17.6 Å². The highest BCUT2D eigenvalue weighted by Crippen LogP contribution is 2.35. The highest BCUT2D eigenvalue weighted by atomic mass is 79.9. The number of hydrogen-bond acceptors (Lipinski definition) is 1. The molecular weight excluding hydrogens is 376 g/mol. The lowest BCUT2D eigenvalue weighted by Gasteiger charge is -2.20. The van der Waals surface area contributed by atoms with Gasteiger partial charge in [-0.15, -0.1) is 11.6 Å². The van der Waals surface area contributed by atoms with E-state index in [1.54, 1.807) is 6.92 Å². The van der Waals surface area contributed by atoms with Gasteiger partial charge < -0.3 is 4.57 Å². The van der Waals surface area contributed by atoms with Gasteiger partial charge in [0.05, 0.1) is 27.3 Å². The summed E-state index contributed by atoms with van der Waals surface area (Å²) in [5.41, 5.74) is 0.703. The molecule has 2 rings (SSSR count). The standard InChI is InChI=1S/C13H12BrClF4N2/c1-6(5-13(17,18)19)21-11-4-9(16)8(14)3-10(11)20-12(21)7(2)15/h3-4,6-7H,5H2,1-2H3. The quantitative estimate of drug-likeness (QED) is 0.484. The van der Waals surface area contributed by atoms with Gasteiger partial charge in [0.2, 0.25) is 0 Å². The number of fused-ring (bicyclic) bond motifs is 1. The molecule has 1 aromatic heterocycles. The van der Waals surface area contributed by atoms with Crippen LogP contribution in [-0.2, 0) is 0 Å². The Morgan fingerprint density at radius 1 is 1.33 bits per heavy atom. The SMILES string of the molecule is CC(Cl)c1nc2cc(Br)c(F)cc2n1C(C)CC(F)(F)F. The first-order valence-corrected chi connectivity index (χ1v) is 7.41. The lowest BCUT2D eigenvalue weighted by Crippen LogP contribution is -2.18. The molecule has 0 amide bonds. The van der Waals surface area contributed by atoms with Crippen molar-refractivity contribution in [3.63, 3.8) is 0 Å². The van der Waals surface area contributed by atoms with Gasteiger partial charge in [0.1, 0.15) is 11.6 Å². The van der Waals surface area contributed by atoms with E-state index in [1.165, 1.54) is 23.6 Å². The normalized spacial score (nSPS) is 15.4. The number of benzene rings is 1. The third-order valence-corrected chi connectivity index (χ3v) is 3.89. The van der Waals surface area contributed by atoms with E-state index in [4.69, 9.17) is 11.6 Å². The average molecular weight is 388 g/mol. The number of alkyl halides is 4. The Bertz CT molecular complexity index is 666. The second-order valence-corrected chi connectivity index (χ2v) is 6.39. The molecule has 2 aromatic rings. The van der Waals surface area contributed by atoms with Crippen LogP contribution in [0.3, 0.4) is 0 Å². The highest BCUT2D eigenvalue weighted by Gasteiger charge is 2.32. The molecular formula is C13H12BrClF4N2. The van der Waals surface area contributed by atoms with E-state index in [-0.39, 0.29) is 4.47 Å². The number of halogens is 6. The van der Waals surface area contributed by atoms with Crippen molar-refractivity contribution in [2.24, 2.45) is 0 Å². The van der Waals surface area contributed by atoms with Crippen molar-refractivity contribution in [3.05, 3.63) is 28.2 Å². The maximum Gasteiger partial charge on any atom is 0.391 e. The molecule has 2 unspecified atom stereocenters. The summed E-state index contributed by atoms with van der Waals surface area (Å²) in [5, 5.41) is -0.588. The molecule has 0 radical (unpaired) electrons. The van der Waals surface area contributed by atoms with Gasteiger partial charge >= 0.3 is 6.18 Å². The van der Waals surface area contributed by atoms with Gasteiger partial charge in [0.15, 0.2) is 0 Å². The highest BCUT2D eigenvalue weighted by molar-refractivity contribution is 9.10. The van der Waals surface area contributed by atoms with E-state index in [0.717, 1.165) is 0 Å². The molecule has 0 N–H and O–H groups in total. The monoisotopic (exact) mass is 386 g/mol. The molecule has 0 aliphatic rings. The summed E-state index contributed by atoms with van der Waals surface area (Å²) in [6.07, 6.45) is -5.36. The van der Waals surface area contributed by atoms with Crippen LogP contribution in [0.4, 0.5) is 17.6 Å². The second kappa shape index (κ2) is 5.76. The van der Waals surface area contributed by atoms with E-state index < -0.39 is 29.8 Å². The Morgan fingerprint density at radius 3 is 2.48 bits per heavy atom. The van der Waals surface area contributed by atoms with Gasteiger partial charge in [-0.3, -0.25) is 0 Å². The molecule has 21 heavy (non-hydrogen) atoms. The van der Waals surface area contributed by atoms with Crippen molar-refractivity contribution in [1.29, 1.82) is 0 Å². The number of nitrogens with zero attached hydrogens (tertiary/aromatic N) is 2. The molecule has 0 spiro atoms. The Labute approximate surface area is 132 Å². The summed E-state index contributed by atoms with van der Waals surface area (Å²) in [4.78, 5) is 4.23. The lowest BCUT2D eigenvalue weighted by atomic mass is 10.2. The van der Waals surface area contributed by atoms with Crippen LogP contribution in [0.2, 0.25) is 0 Å². The minimum Gasteiger partial charge on any atom is -0.323 e. The average Bonchev–Trinajstić information content (AvgIpc) is 2.66. The minimum atomic E-state index is -4.32. The topological polar surface area (TPSA) is 17.8 Å². The zero-order chi connectivity index (χ0) is 15.9. The van der Waals surface area contributed by atoms with E-state index in [1.807, 2.05) is 0 Å². The zero-order valence-electron chi connectivity index (χ0n) is 11.2.